The van der Waals surface area contributed by atoms with E-state index in [1.165, 1.54) is 19.2 Å². The smallest absolute Gasteiger partial charge is 0.325 e. The van der Waals surface area contributed by atoms with E-state index in [1.807, 2.05) is 6.92 Å². The molecule has 0 heterocycles. The Bertz CT molecular complexity index is 490. The Balaban J connectivity index is 3.12. The summed E-state index contributed by atoms with van der Waals surface area (Å²) in [5, 5.41) is 10.9. The molecular formula is C13H18N2O5. The maximum atomic E-state index is 11.4. The molecule has 0 spiro atoms. The second kappa shape index (κ2) is 7.32. The lowest BCUT2D eigenvalue weighted by Gasteiger charge is -2.22. The zero-order valence-electron chi connectivity index (χ0n) is 11.8. The number of hydrogen-bond donors (Lipinski definition) is 0. The van der Waals surface area contributed by atoms with Gasteiger partial charge in [-0.3, -0.25) is 14.9 Å². The minimum absolute atomic E-state index is 0.0275. The van der Waals surface area contributed by atoms with Crippen LogP contribution in [0.15, 0.2) is 18.2 Å². The van der Waals surface area contributed by atoms with Crippen molar-refractivity contribution >= 4 is 17.3 Å². The standard InChI is InChI=1S/C13H18N2O5/c1-4-14(9-13(16)19-3)10-6-11(15(17)18)8-12(7-10)20-5-2/h6-8H,4-5,9H2,1-3H3. The molecule has 7 nitrogen and oxygen atoms in total. The lowest BCUT2D eigenvalue weighted by atomic mass is 10.2. The Kier molecular flexibility index (Phi) is 5.76. The molecule has 20 heavy (non-hydrogen) atoms. The fourth-order valence-corrected chi connectivity index (χ4v) is 1.71. The number of esters is 1. The van der Waals surface area contributed by atoms with Crippen LogP contribution in [0.3, 0.4) is 0 Å². The van der Waals surface area contributed by atoms with Crippen molar-refractivity contribution in [2.24, 2.45) is 0 Å². The second-order valence-corrected chi connectivity index (χ2v) is 3.97. The number of non-ortho nitro benzene ring substituents is 1. The molecule has 1 aromatic rings. The fourth-order valence-electron chi connectivity index (χ4n) is 1.71. The summed E-state index contributed by atoms with van der Waals surface area (Å²) in [4.78, 5) is 23.5. The first-order valence-corrected chi connectivity index (χ1v) is 6.25. The molecule has 0 aromatic heterocycles. The number of carbonyl (C=O) groups is 1. The van der Waals surface area contributed by atoms with Gasteiger partial charge < -0.3 is 14.4 Å². The van der Waals surface area contributed by atoms with Gasteiger partial charge >= 0.3 is 5.97 Å². The van der Waals surface area contributed by atoms with Crippen molar-refractivity contribution in [1.82, 2.24) is 0 Å². The summed E-state index contributed by atoms with van der Waals surface area (Å²) >= 11 is 0. The van der Waals surface area contributed by atoms with E-state index in [9.17, 15) is 14.9 Å². The van der Waals surface area contributed by atoms with E-state index in [-0.39, 0.29) is 12.2 Å². The highest BCUT2D eigenvalue weighted by atomic mass is 16.6. The summed E-state index contributed by atoms with van der Waals surface area (Å²) in [6, 6.07) is 4.44. The molecule has 0 fully saturated rings. The molecule has 0 aliphatic carbocycles. The van der Waals surface area contributed by atoms with Crippen LogP contribution >= 0.6 is 0 Å². The van der Waals surface area contributed by atoms with Crippen LogP contribution in [0.25, 0.3) is 0 Å². The van der Waals surface area contributed by atoms with E-state index in [0.717, 1.165) is 0 Å². The number of methoxy groups -OCH3 is 1. The molecule has 110 valence electrons. The predicted octanol–water partition coefficient (Wildman–Crippen LogP) is 1.99. The van der Waals surface area contributed by atoms with Gasteiger partial charge in [-0.15, -0.1) is 0 Å². The number of nitrogens with zero attached hydrogens (tertiary/aromatic N) is 2. The number of likely N-dealkylation sites (N-methyl/N-ethyl adjacent to an activating group) is 1. The molecule has 0 saturated carbocycles. The summed E-state index contributed by atoms with van der Waals surface area (Å²) in [6.07, 6.45) is 0. The molecule has 1 rings (SSSR count). The molecule has 0 aliphatic heterocycles. The first kappa shape index (κ1) is 15.7. The summed E-state index contributed by atoms with van der Waals surface area (Å²) in [6.45, 7) is 4.60. The summed E-state index contributed by atoms with van der Waals surface area (Å²) < 4.78 is 9.93. The normalized spacial score (nSPS) is 9.95. The Hall–Kier alpha value is -2.31. The number of ether oxygens (including phenoxy) is 2. The molecule has 0 saturated heterocycles. The van der Waals surface area contributed by atoms with Gasteiger partial charge in [0.15, 0.2) is 0 Å². The highest BCUT2D eigenvalue weighted by molar-refractivity contribution is 5.76. The third-order valence-corrected chi connectivity index (χ3v) is 2.69. The number of benzene rings is 1. The van der Waals surface area contributed by atoms with Gasteiger partial charge in [0.2, 0.25) is 0 Å². The molecule has 1 aromatic carbocycles. The van der Waals surface area contributed by atoms with Crippen LogP contribution < -0.4 is 9.64 Å². The second-order valence-electron chi connectivity index (χ2n) is 3.97. The van der Waals surface area contributed by atoms with Gasteiger partial charge in [0.05, 0.1) is 24.7 Å². The number of rotatable bonds is 7. The van der Waals surface area contributed by atoms with Crippen molar-refractivity contribution in [3.05, 3.63) is 28.3 Å². The van der Waals surface area contributed by atoms with Crippen LogP contribution in [-0.4, -0.2) is 37.7 Å². The summed E-state index contributed by atoms with van der Waals surface area (Å²) in [7, 11) is 1.30. The van der Waals surface area contributed by atoms with Crippen molar-refractivity contribution in [2.75, 3.05) is 31.7 Å². The molecule has 0 unspecified atom stereocenters. The first-order chi connectivity index (χ1) is 9.51. The average molecular weight is 282 g/mol. The van der Waals surface area contributed by atoms with Crippen LogP contribution in [0, 0.1) is 10.1 Å². The third kappa shape index (κ3) is 4.11. The van der Waals surface area contributed by atoms with Gasteiger partial charge in [-0.2, -0.15) is 0 Å². The zero-order chi connectivity index (χ0) is 15.1. The SMILES string of the molecule is CCOc1cc(N(CC)CC(=O)OC)cc([N+](=O)[O-])c1. The lowest BCUT2D eigenvalue weighted by Crippen LogP contribution is -2.30. The Labute approximate surface area is 117 Å². The molecule has 0 bridgehead atoms. The van der Waals surface area contributed by atoms with Crippen molar-refractivity contribution in [1.29, 1.82) is 0 Å². The number of nitro benzene ring substituents is 1. The monoisotopic (exact) mass is 282 g/mol. The molecule has 0 N–H and O–H groups in total. The van der Waals surface area contributed by atoms with E-state index in [1.54, 1.807) is 17.9 Å². The largest absolute Gasteiger partial charge is 0.494 e. The van der Waals surface area contributed by atoms with Gasteiger partial charge in [0.1, 0.15) is 12.3 Å². The number of carbonyl (C=O) groups excluding carboxylic acids is 1. The van der Waals surface area contributed by atoms with Crippen molar-refractivity contribution in [3.8, 4) is 5.75 Å². The van der Waals surface area contributed by atoms with Crippen LogP contribution in [0.4, 0.5) is 11.4 Å². The minimum atomic E-state index is -0.488. The van der Waals surface area contributed by atoms with Crippen molar-refractivity contribution in [2.45, 2.75) is 13.8 Å². The summed E-state index contributed by atoms with van der Waals surface area (Å²) in [5.41, 5.74) is 0.477. The minimum Gasteiger partial charge on any atom is -0.494 e. The topological polar surface area (TPSA) is 81.9 Å². The van der Waals surface area contributed by atoms with E-state index in [4.69, 9.17) is 4.74 Å². The highest BCUT2D eigenvalue weighted by Crippen LogP contribution is 2.28. The average Bonchev–Trinajstić information content (AvgIpc) is 2.44. The summed E-state index contributed by atoms with van der Waals surface area (Å²) in [5.74, 6) is -0.00340. The van der Waals surface area contributed by atoms with Gasteiger partial charge in [-0.25, -0.2) is 0 Å². The van der Waals surface area contributed by atoms with Crippen molar-refractivity contribution < 1.29 is 19.2 Å². The first-order valence-electron chi connectivity index (χ1n) is 6.25. The third-order valence-electron chi connectivity index (χ3n) is 2.69. The van der Waals surface area contributed by atoms with E-state index >= 15 is 0 Å². The Morgan fingerprint density at radius 3 is 2.55 bits per heavy atom. The van der Waals surface area contributed by atoms with Crippen LogP contribution in [0.1, 0.15) is 13.8 Å². The van der Waals surface area contributed by atoms with Crippen molar-refractivity contribution in [3.63, 3.8) is 0 Å². The number of hydrogen-bond acceptors (Lipinski definition) is 6. The van der Waals surface area contributed by atoms with Gasteiger partial charge in [0.25, 0.3) is 5.69 Å². The predicted molar refractivity (Wildman–Crippen MR) is 74.2 cm³/mol. The fraction of sp³-hybridized carbons (Fsp3) is 0.462. The Morgan fingerprint density at radius 1 is 1.35 bits per heavy atom. The number of nitro groups is 1. The van der Waals surface area contributed by atoms with E-state index < -0.39 is 10.9 Å². The maximum absolute atomic E-state index is 11.4. The lowest BCUT2D eigenvalue weighted by molar-refractivity contribution is -0.384. The zero-order valence-corrected chi connectivity index (χ0v) is 11.8. The highest BCUT2D eigenvalue weighted by Gasteiger charge is 2.16. The van der Waals surface area contributed by atoms with Gasteiger partial charge in [0, 0.05) is 24.4 Å². The quantitative estimate of drug-likeness (QED) is 0.432. The van der Waals surface area contributed by atoms with Gasteiger partial charge in [-0.05, 0) is 13.8 Å². The molecule has 7 heteroatoms. The molecule has 0 radical (unpaired) electrons. The van der Waals surface area contributed by atoms with Crippen LogP contribution in [0.5, 0.6) is 5.75 Å². The van der Waals surface area contributed by atoms with E-state index in [2.05, 4.69) is 4.74 Å². The van der Waals surface area contributed by atoms with E-state index in [0.29, 0.717) is 24.6 Å². The maximum Gasteiger partial charge on any atom is 0.325 e. The van der Waals surface area contributed by atoms with Crippen LogP contribution in [-0.2, 0) is 9.53 Å². The molecule has 0 aliphatic rings. The molecule has 0 amide bonds. The van der Waals surface area contributed by atoms with Crippen LogP contribution in [0.2, 0.25) is 0 Å². The molecular weight excluding hydrogens is 264 g/mol. The Morgan fingerprint density at radius 2 is 2.05 bits per heavy atom. The number of anilines is 1. The molecule has 0 atom stereocenters. The van der Waals surface area contributed by atoms with Gasteiger partial charge in [-0.1, -0.05) is 0 Å².